The molecule has 1 aromatic heterocycles. The van der Waals surface area contributed by atoms with Crippen LogP contribution in [0.4, 0.5) is 10.1 Å². The Morgan fingerprint density at radius 3 is 2.39 bits per heavy atom. The van der Waals surface area contributed by atoms with Crippen molar-refractivity contribution in [3.05, 3.63) is 69.8 Å². The smallest absolute Gasteiger partial charge is 0.341 e. The molecule has 2 fully saturated rings. The van der Waals surface area contributed by atoms with Crippen LogP contribution in [-0.2, 0) is 0 Å². The van der Waals surface area contributed by atoms with E-state index >= 15 is 0 Å². The number of methoxy groups -OCH3 is 1. The van der Waals surface area contributed by atoms with Gasteiger partial charge < -0.3 is 24.6 Å². The van der Waals surface area contributed by atoms with E-state index in [0.29, 0.717) is 24.3 Å². The summed E-state index contributed by atoms with van der Waals surface area (Å²) in [7, 11) is 1.67. The van der Waals surface area contributed by atoms with E-state index in [1.165, 1.54) is 17.8 Å². The zero-order valence-corrected chi connectivity index (χ0v) is 18.8. The molecule has 2 heterocycles. The number of fused-ring (bicyclic) bond motifs is 1. The number of hydrogen-bond acceptors (Lipinski definition) is 5. The van der Waals surface area contributed by atoms with Crippen LogP contribution in [0.15, 0.2) is 47.4 Å². The van der Waals surface area contributed by atoms with Crippen molar-refractivity contribution in [1.82, 2.24) is 9.88 Å². The van der Waals surface area contributed by atoms with E-state index in [0.717, 1.165) is 31.7 Å². The Bertz CT molecular complexity index is 1210. The van der Waals surface area contributed by atoms with Crippen molar-refractivity contribution < 1.29 is 19.0 Å². The zero-order chi connectivity index (χ0) is 23.5. The summed E-state index contributed by atoms with van der Waals surface area (Å²) in [5.74, 6) is -0.838. The summed E-state index contributed by atoms with van der Waals surface area (Å²) in [4.78, 5) is 25.7. The number of aromatic nitrogens is 1. The zero-order valence-electron chi connectivity index (χ0n) is 18.8. The van der Waals surface area contributed by atoms with Crippen molar-refractivity contribution in [2.75, 3.05) is 38.2 Å². The molecule has 0 bridgehead atoms. The number of carboxylic acids is 1. The Kier molecular flexibility index (Phi) is 6.65. The summed E-state index contributed by atoms with van der Waals surface area (Å²) in [6.45, 7) is 5.02. The molecule has 8 heteroatoms. The van der Waals surface area contributed by atoms with Crippen molar-refractivity contribution >= 4 is 22.6 Å². The summed E-state index contributed by atoms with van der Waals surface area (Å²) in [5, 5.41) is 12.6. The van der Waals surface area contributed by atoms with Crippen LogP contribution in [0.25, 0.3) is 10.9 Å². The van der Waals surface area contributed by atoms with E-state index in [4.69, 9.17) is 4.74 Å². The first kappa shape index (κ1) is 22.8. The number of anilines is 1. The number of benzene rings is 2. The van der Waals surface area contributed by atoms with Crippen molar-refractivity contribution in [2.24, 2.45) is 0 Å². The number of hydrogen-bond donors (Lipinski definition) is 2. The van der Waals surface area contributed by atoms with Crippen molar-refractivity contribution in [3.63, 3.8) is 0 Å². The number of carbonyl (C=O) groups is 1. The number of rotatable bonds is 4. The molecule has 5 rings (SSSR count). The number of halogens is 1. The summed E-state index contributed by atoms with van der Waals surface area (Å²) in [5.41, 5.74) is 1.42. The predicted molar refractivity (Wildman–Crippen MR) is 126 cm³/mol. The average molecular weight is 454 g/mol. The lowest BCUT2D eigenvalue weighted by molar-refractivity contribution is 0.0695. The van der Waals surface area contributed by atoms with Crippen LogP contribution in [0.2, 0.25) is 0 Å². The van der Waals surface area contributed by atoms with E-state index in [2.05, 4.69) is 12.2 Å². The molecule has 0 atom stereocenters. The summed E-state index contributed by atoms with van der Waals surface area (Å²) >= 11 is 0. The highest BCUT2D eigenvalue weighted by molar-refractivity contribution is 5.93. The average Bonchev–Trinajstić information content (AvgIpc) is 3.66. The van der Waals surface area contributed by atoms with E-state index in [1.54, 1.807) is 13.2 Å². The maximum Gasteiger partial charge on any atom is 0.341 e. The van der Waals surface area contributed by atoms with E-state index < -0.39 is 17.2 Å². The molecule has 2 N–H and O–H groups in total. The fraction of sp³-hybridized carbons (Fsp3) is 0.360. The highest BCUT2D eigenvalue weighted by Crippen LogP contribution is 2.38. The van der Waals surface area contributed by atoms with Gasteiger partial charge in [-0.3, -0.25) is 4.79 Å². The van der Waals surface area contributed by atoms with Gasteiger partial charge in [-0.15, -0.1) is 0 Å². The molecule has 2 aromatic carbocycles. The Labute approximate surface area is 191 Å². The minimum absolute atomic E-state index is 0.137. The van der Waals surface area contributed by atoms with Gasteiger partial charge in [0.25, 0.3) is 0 Å². The van der Waals surface area contributed by atoms with Gasteiger partial charge in [-0.05, 0) is 44.0 Å². The minimum atomic E-state index is -1.28. The molecule has 0 unspecified atom stereocenters. The van der Waals surface area contributed by atoms with Crippen molar-refractivity contribution in [3.8, 4) is 5.75 Å². The van der Waals surface area contributed by atoms with E-state index in [-0.39, 0.29) is 17.0 Å². The molecule has 7 nitrogen and oxygen atoms in total. The third-order valence-electron chi connectivity index (χ3n) is 5.99. The van der Waals surface area contributed by atoms with Gasteiger partial charge in [-0.1, -0.05) is 17.7 Å². The monoisotopic (exact) mass is 453 g/mol. The van der Waals surface area contributed by atoms with E-state index in [1.807, 2.05) is 33.7 Å². The summed E-state index contributed by atoms with van der Waals surface area (Å²) < 4.78 is 21.4. The lowest BCUT2D eigenvalue weighted by atomic mass is 10.1. The lowest BCUT2D eigenvalue weighted by Crippen LogP contribution is -2.43. The van der Waals surface area contributed by atoms with Gasteiger partial charge >= 0.3 is 5.97 Å². The second-order valence-corrected chi connectivity index (χ2v) is 8.39. The van der Waals surface area contributed by atoms with Gasteiger partial charge in [0.15, 0.2) is 0 Å². The number of nitrogens with zero attached hydrogens (tertiary/aromatic N) is 2. The van der Waals surface area contributed by atoms with Crippen LogP contribution >= 0.6 is 0 Å². The molecule has 3 aromatic rings. The molecule has 0 spiro atoms. The molecular weight excluding hydrogens is 425 g/mol. The maximum atomic E-state index is 14.6. The highest BCUT2D eigenvalue weighted by Gasteiger charge is 2.28. The number of aryl methyl sites for hydroxylation is 1. The SMILES string of the molecule is COc1ccc(C)cc1.O=C(O)c1cn(C2CC2)c2cc(N3CCNCC3)c(F)cc2c1=O. The number of pyridine rings is 1. The normalized spacial score (nSPS) is 15.7. The molecular formula is C25H28FN3O4. The van der Waals surface area contributed by atoms with Gasteiger partial charge in [-0.25, -0.2) is 9.18 Å². The first-order valence-corrected chi connectivity index (χ1v) is 11.1. The van der Waals surface area contributed by atoms with Gasteiger partial charge in [0, 0.05) is 43.8 Å². The second-order valence-electron chi connectivity index (χ2n) is 8.39. The summed E-state index contributed by atoms with van der Waals surface area (Å²) in [6, 6.07) is 11.0. The fourth-order valence-corrected chi connectivity index (χ4v) is 3.99. The molecule has 174 valence electrons. The third-order valence-corrected chi connectivity index (χ3v) is 5.99. The molecule has 0 radical (unpaired) electrons. The lowest BCUT2D eigenvalue weighted by Gasteiger charge is -2.30. The van der Waals surface area contributed by atoms with Gasteiger partial charge in [0.1, 0.15) is 17.1 Å². The number of carboxylic acid groups (broad SMARTS) is 1. The maximum absolute atomic E-state index is 14.6. The first-order valence-electron chi connectivity index (χ1n) is 11.1. The van der Waals surface area contributed by atoms with Gasteiger partial charge in [0.05, 0.1) is 18.3 Å². The minimum Gasteiger partial charge on any atom is -0.497 e. The first-order chi connectivity index (χ1) is 15.9. The topological polar surface area (TPSA) is 83.8 Å². The number of nitrogens with one attached hydrogen (secondary N) is 1. The van der Waals surface area contributed by atoms with Crippen LogP contribution < -0.4 is 20.4 Å². The highest BCUT2D eigenvalue weighted by atomic mass is 19.1. The van der Waals surface area contributed by atoms with Crippen molar-refractivity contribution in [1.29, 1.82) is 0 Å². The molecule has 1 saturated carbocycles. The largest absolute Gasteiger partial charge is 0.497 e. The van der Waals surface area contributed by atoms with Crippen molar-refractivity contribution in [2.45, 2.75) is 25.8 Å². The molecule has 1 aliphatic carbocycles. The van der Waals surface area contributed by atoms with E-state index in [9.17, 15) is 19.1 Å². The van der Waals surface area contributed by atoms with Crippen LogP contribution in [0.3, 0.4) is 0 Å². The molecule has 2 aliphatic rings. The molecule has 0 amide bonds. The molecule has 33 heavy (non-hydrogen) atoms. The number of ether oxygens (including phenoxy) is 1. The third kappa shape index (κ3) is 5.01. The van der Waals surface area contributed by atoms with Crippen LogP contribution in [-0.4, -0.2) is 48.9 Å². The second kappa shape index (κ2) is 9.62. The Balaban J connectivity index is 0.000000243. The van der Waals surface area contributed by atoms with Crippen LogP contribution in [0.5, 0.6) is 5.75 Å². The summed E-state index contributed by atoms with van der Waals surface area (Å²) in [6.07, 6.45) is 3.29. The van der Waals surface area contributed by atoms with Gasteiger partial charge in [-0.2, -0.15) is 0 Å². The van der Waals surface area contributed by atoms with Crippen LogP contribution in [0.1, 0.15) is 34.8 Å². The molecule has 1 aliphatic heterocycles. The molecule has 1 saturated heterocycles. The number of piperazine rings is 1. The van der Waals surface area contributed by atoms with Gasteiger partial charge in [0.2, 0.25) is 5.43 Å². The Hall–Kier alpha value is -3.39. The Morgan fingerprint density at radius 2 is 1.82 bits per heavy atom. The number of aromatic carboxylic acids is 1. The fourth-order valence-electron chi connectivity index (χ4n) is 3.99. The standard InChI is InChI=1S/C17H18FN3O3.C8H10O/c18-13-7-11-14(8-15(13)20-5-3-19-4-6-20)21(10-1-2-10)9-12(16(11)22)17(23)24;1-7-3-5-8(9-2)6-4-7/h7-10,19H,1-6H2,(H,23,24);3-6H,1-2H3. The van der Waals surface area contributed by atoms with Crippen LogP contribution in [0, 0.1) is 12.7 Å². The Morgan fingerprint density at radius 1 is 1.15 bits per heavy atom. The quantitative estimate of drug-likeness (QED) is 0.628. The predicted octanol–water partition coefficient (Wildman–Crippen LogP) is 3.59.